The van der Waals surface area contributed by atoms with Crippen LogP contribution in [0.3, 0.4) is 0 Å². The second-order valence-electron chi connectivity index (χ2n) is 4.63. The fraction of sp³-hybridized carbons (Fsp3) is 0.667. The first-order valence-electron chi connectivity index (χ1n) is 6.09. The number of aromatic nitrogens is 2. The number of aliphatic hydroxyl groups excluding tert-OH is 1. The van der Waals surface area contributed by atoms with Crippen LogP contribution in [0.4, 0.5) is 11.6 Å². The van der Waals surface area contributed by atoms with Crippen molar-refractivity contribution in [1.29, 1.82) is 0 Å². The van der Waals surface area contributed by atoms with Crippen LogP contribution < -0.4 is 9.80 Å². The summed E-state index contributed by atoms with van der Waals surface area (Å²) < 4.78 is 0. The Morgan fingerprint density at radius 3 is 3.00 bits per heavy atom. The molecule has 0 aromatic carbocycles. The first kappa shape index (κ1) is 12.1. The monoisotopic (exact) mass is 236 g/mol. The van der Waals surface area contributed by atoms with Crippen molar-refractivity contribution in [2.45, 2.75) is 25.3 Å². The van der Waals surface area contributed by atoms with Gasteiger partial charge in [0.15, 0.2) is 0 Å². The molecule has 0 aliphatic carbocycles. The van der Waals surface area contributed by atoms with Crippen LogP contribution in [0.5, 0.6) is 0 Å². The molecule has 1 N–H and O–H groups in total. The molecule has 0 spiro atoms. The summed E-state index contributed by atoms with van der Waals surface area (Å²) in [6.07, 6.45) is 4.74. The molecule has 1 saturated heterocycles. The zero-order valence-electron chi connectivity index (χ0n) is 10.5. The number of rotatable bonds is 4. The van der Waals surface area contributed by atoms with Gasteiger partial charge in [0, 0.05) is 39.4 Å². The number of anilines is 2. The summed E-state index contributed by atoms with van der Waals surface area (Å²) in [7, 11) is 3.95. The van der Waals surface area contributed by atoms with Gasteiger partial charge >= 0.3 is 0 Å². The maximum Gasteiger partial charge on any atom is 0.134 e. The molecular formula is C12H20N4O. The van der Waals surface area contributed by atoms with Crippen LogP contribution >= 0.6 is 0 Å². The van der Waals surface area contributed by atoms with Crippen LogP contribution in [-0.2, 0) is 0 Å². The van der Waals surface area contributed by atoms with E-state index in [1.807, 2.05) is 25.1 Å². The third-order valence-electron chi connectivity index (χ3n) is 3.23. The minimum Gasteiger partial charge on any atom is -0.396 e. The van der Waals surface area contributed by atoms with Crippen molar-refractivity contribution in [1.82, 2.24) is 9.97 Å². The number of nitrogens with zero attached hydrogens (tertiary/aromatic N) is 4. The van der Waals surface area contributed by atoms with Crippen molar-refractivity contribution < 1.29 is 5.11 Å². The number of hydrogen-bond donors (Lipinski definition) is 1. The van der Waals surface area contributed by atoms with E-state index >= 15 is 0 Å². The maximum atomic E-state index is 9.07. The molecule has 1 fully saturated rings. The largest absolute Gasteiger partial charge is 0.396 e. The summed E-state index contributed by atoms with van der Waals surface area (Å²) >= 11 is 0. The van der Waals surface area contributed by atoms with Gasteiger partial charge in [-0.15, -0.1) is 0 Å². The molecule has 0 radical (unpaired) electrons. The summed E-state index contributed by atoms with van der Waals surface area (Å²) in [5, 5.41) is 9.07. The summed E-state index contributed by atoms with van der Waals surface area (Å²) in [5.41, 5.74) is 0. The molecule has 1 unspecified atom stereocenters. The van der Waals surface area contributed by atoms with E-state index in [1.54, 1.807) is 6.33 Å². The molecule has 5 heteroatoms. The first-order chi connectivity index (χ1) is 8.22. The lowest BCUT2D eigenvalue weighted by Crippen LogP contribution is -2.31. The third-order valence-corrected chi connectivity index (χ3v) is 3.23. The Morgan fingerprint density at radius 2 is 2.29 bits per heavy atom. The number of aliphatic hydroxyl groups is 1. The van der Waals surface area contributed by atoms with Crippen LogP contribution in [0.15, 0.2) is 12.4 Å². The molecule has 5 nitrogen and oxygen atoms in total. The van der Waals surface area contributed by atoms with E-state index in [0.717, 1.165) is 31.0 Å². The van der Waals surface area contributed by atoms with Gasteiger partial charge < -0.3 is 14.9 Å². The quantitative estimate of drug-likeness (QED) is 0.841. The normalized spacial score (nSPS) is 19.7. The fourth-order valence-corrected chi connectivity index (χ4v) is 2.33. The van der Waals surface area contributed by atoms with Gasteiger partial charge in [0.2, 0.25) is 0 Å². The highest BCUT2D eigenvalue weighted by Crippen LogP contribution is 2.26. The SMILES string of the molecule is CN(C)c1cc(N2CCCC2CCO)ncn1. The van der Waals surface area contributed by atoms with Gasteiger partial charge in [-0.25, -0.2) is 9.97 Å². The summed E-state index contributed by atoms with van der Waals surface area (Å²) in [5.74, 6) is 1.89. The summed E-state index contributed by atoms with van der Waals surface area (Å²) in [4.78, 5) is 12.8. The van der Waals surface area contributed by atoms with Crippen LogP contribution in [0, 0.1) is 0 Å². The predicted octanol–water partition coefficient (Wildman–Crippen LogP) is 0.894. The topological polar surface area (TPSA) is 52.5 Å². The van der Waals surface area contributed by atoms with E-state index in [4.69, 9.17) is 5.11 Å². The van der Waals surface area contributed by atoms with Crippen molar-refractivity contribution >= 4 is 11.6 Å². The molecule has 0 bridgehead atoms. The fourth-order valence-electron chi connectivity index (χ4n) is 2.33. The average molecular weight is 236 g/mol. The van der Waals surface area contributed by atoms with Crippen molar-refractivity contribution in [2.75, 3.05) is 37.0 Å². The molecule has 1 aliphatic heterocycles. The highest BCUT2D eigenvalue weighted by atomic mass is 16.3. The number of hydrogen-bond acceptors (Lipinski definition) is 5. The van der Waals surface area contributed by atoms with E-state index in [-0.39, 0.29) is 6.61 Å². The molecule has 17 heavy (non-hydrogen) atoms. The molecule has 94 valence electrons. The molecule has 1 aromatic heterocycles. The van der Waals surface area contributed by atoms with Gasteiger partial charge in [-0.05, 0) is 19.3 Å². The zero-order valence-corrected chi connectivity index (χ0v) is 10.5. The van der Waals surface area contributed by atoms with Gasteiger partial charge in [-0.3, -0.25) is 0 Å². The Balaban J connectivity index is 2.18. The van der Waals surface area contributed by atoms with Crippen LogP contribution in [0.2, 0.25) is 0 Å². The summed E-state index contributed by atoms with van der Waals surface area (Å²) in [6.45, 7) is 1.27. The van der Waals surface area contributed by atoms with E-state index < -0.39 is 0 Å². The standard InChI is InChI=1S/C12H20N4O/c1-15(2)11-8-12(14-9-13-11)16-6-3-4-10(16)5-7-17/h8-10,17H,3-7H2,1-2H3. The highest BCUT2D eigenvalue weighted by molar-refractivity contribution is 5.50. The Bertz CT molecular complexity index is 369. The van der Waals surface area contributed by atoms with Crippen molar-refractivity contribution in [3.8, 4) is 0 Å². The minimum atomic E-state index is 0.243. The Kier molecular flexibility index (Phi) is 3.78. The average Bonchev–Trinajstić information content (AvgIpc) is 2.78. The zero-order chi connectivity index (χ0) is 12.3. The van der Waals surface area contributed by atoms with Gasteiger partial charge in [-0.2, -0.15) is 0 Å². The van der Waals surface area contributed by atoms with Crippen molar-refractivity contribution in [3.05, 3.63) is 12.4 Å². The molecule has 1 atom stereocenters. The lowest BCUT2D eigenvalue weighted by atomic mass is 10.1. The minimum absolute atomic E-state index is 0.243. The second-order valence-corrected chi connectivity index (χ2v) is 4.63. The smallest absolute Gasteiger partial charge is 0.134 e. The maximum absolute atomic E-state index is 9.07. The van der Waals surface area contributed by atoms with Crippen LogP contribution in [-0.4, -0.2) is 48.4 Å². The van der Waals surface area contributed by atoms with E-state index in [9.17, 15) is 0 Å². The van der Waals surface area contributed by atoms with Crippen molar-refractivity contribution in [3.63, 3.8) is 0 Å². The van der Waals surface area contributed by atoms with E-state index in [2.05, 4.69) is 14.9 Å². The third kappa shape index (κ3) is 2.66. The molecule has 2 rings (SSSR count). The summed E-state index contributed by atoms with van der Waals surface area (Å²) in [6, 6.07) is 2.43. The molecule has 2 heterocycles. The van der Waals surface area contributed by atoms with E-state index in [0.29, 0.717) is 6.04 Å². The predicted molar refractivity (Wildman–Crippen MR) is 68.4 cm³/mol. The van der Waals surface area contributed by atoms with Gasteiger partial charge in [0.1, 0.15) is 18.0 Å². The molecular weight excluding hydrogens is 216 g/mol. The molecule has 1 aromatic rings. The van der Waals surface area contributed by atoms with Crippen LogP contribution in [0.1, 0.15) is 19.3 Å². The van der Waals surface area contributed by atoms with Crippen LogP contribution in [0.25, 0.3) is 0 Å². The first-order valence-corrected chi connectivity index (χ1v) is 6.09. The molecule has 1 aliphatic rings. The van der Waals surface area contributed by atoms with Gasteiger partial charge in [-0.1, -0.05) is 0 Å². The van der Waals surface area contributed by atoms with Crippen molar-refractivity contribution in [2.24, 2.45) is 0 Å². The highest BCUT2D eigenvalue weighted by Gasteiger charge is 2.25. The van der Waals surface area contributed by atoms with Gasteiger partial charge in [0.05, 0.1) is 0 Å². The Labute approximate surface area is 102 Å². The lowest BCUT2D eigenvalue weighted by Gasteiger charge is -2.25. The Hall–Kier alpha value is -1.36. The van der Waals surface area contributed by atoms with E-state index in [1.165, 1.54) is 6.42 Å². The lowest BCUT2D eigenvalue weighted by molar-refractivity contribution is 0.275. The molecule has 0 saturated carbocycles. The molecule has 0 amide bonds. The second kappa shape index (κ2) is 5.31. The van der Waals surface area contributed by atoms with Gasteiger partial charge in [0.25, 0.3) is 0 Å². The Morgan fingerprint density at radius 1 is 1.47 bits per heavy atom.